The van der Waals surface area contributed by atoms with Crippen molar-refractivity contribution >= 4 is 87.0 Å². The molecular weight excluding hydrogens is 1790 g/mol. The highest BCUT2D eigenvalue weighted by Crippen LogP contribution is 2.45. The quantitative estimate of drug-likeness (QED) is 0.0207. The van der Waals surface area contributed by atoms with Gasteiger partial charge in [-0.2, -0.15) is 27.0 Å². The molecule has 0 unspecified atom stereocenters. The second-order valence-corrected chi connectivity index (χ2v) is 40.0. The largest absolute Gasteiger partial charge is 0.493 e. The lowest BCUT2D eigenvalue weighted by atomic mass is 9.93. The molecular formula is C90H107F2N17O19S4. The average molecular weight is 1900 g/mol. The molecule has 2 fully saturated rings. The molecule has 0 atom stereocenters. The number of likely N-dealkylation sites (tertiary alicyclic amines) is 1. The number of pyridine rings is 4. The number of aromatic nitrogens is 8. The third-order valence-electron chi connectivity index (χ3n) is 22.7. The summed E-state index contributed by atoms with van der Waals surface area (Å²) >= 11 is 0. The summed E-state index contributed by atoms with van der Waals surface area (Å²) in [4.78, 5) is 69.6. The number of urea groups is 4. The number of ether oxygens (including phenoxy) is 7. The van der Waals surface area contributed by atoms with E-state index in [0.717, 1.165) is 111 Å². The van der Waals surface area contributed by atoms with Crippen molar-refractivity contribution in [1.82, 2.24) is 63.3 Å². The molecule has 10 aromatic rings. The van der Waals surface area contributed by atoms with Crippen LogP contribution < -0.4 is 63.8 Å². The lowest BCUT2D eigenvalue weighted by molar-refractivity contribution is 0.0909. The lowest BCUT2D eigenvalue weighted by Gasteiger charge is -2.38. The van der Waals surface area contributed by atoms with E-state index in [0.29, 0.717) is 141 Å². The van der Waals surface area contributed by atoms with E-state index >= 15 is 0 Å². The van der Waals surface area contributed by atoms with E-state index in [4.69, 9.17) is 33.2 Å². The Balaban J connectivity index is 0.000000150. The molecule has 0 spiro atoms. The van der Waals surface area contributed by atoms with E-state index in [1.54, 1.807) is 96.5 Å². The highest BCUT2D eigenvalue weighted by molar-refractivity contribution is 7.90. The summed E-state index contributed by atoms with van der Waals surface area (Å²) in [5.41, 5.74) is 11.8. The maximum absolute atomic E-state index is 14.9. The van der Waals surface area contributed by atoms with Crippen molar-refractivity contribution in [1.29, 1.82) is 0 Å². The molecule has 36 nitrogen and oxygen atoms in total. The average Bonchev–Trinajstić information content (AvgIpc) is 1.53. The third-order valence-corrected chi connectivity index (χ3v) is 27.6. The van der Waals surface area contributed by atoms with E-state index < -0.39 is 69.8 Å². The first-order chi connectivity index (χ1) is 63.0. The van der Waals surface area contributed by atoms with Gasteiger partial charge in [0.15, 0.2) is 10.1 Å². The van der Waals surface area contributed by atoms with Gasteiger partial charge in [-0.3, -0.25) is 9.36 Å². The van der Waals surface area contributed by atoms with Crippen molar-refractivity contribution in [2.45, 2.75) is 165 Å². The second-order valence-electron chi connectivity index (χ2n) is 33.0. The number of benzene rings is 4. The molecule has 0 radical (unpaired) electrons. The first kappa shape index (κ1) is 97.1. The summed E-state index contributed by atoms with van der Waals surface area (Å²) in [6.45, 7) is 14.5. The Morgan fingerprint density at radius 1 is 0.455 bits per heavy atom. The number of amides is 8. The van der Waals surface area contributed by atoms with Crippen molar-refractivity contribution in [2.24, 2.45) is 0 Å². The first-order valence-electron chi connectivity index (χ1n) is 43.0. The van der Waals surface area contributed by atoms with Crippen molar-refractivity contribution in [3.8, 4) is 73.8 Å². The smallest absolute Gasteiger partial charge is 0.333 e. The van der Waals surface area contributed by atoms with Gasteiger partial charge < -0.3 is 59.3 Å². The Bertz CT molecular complexity index is 6250. The van der Waals surface area contributed by atoms with Crippen LogP contribution in [-0.2, 0) is 100 Å². The predicted octanol–water partition coefficient (Wildman–Crippen LogP) is 13.0. The van der Waals surface area contributed by atoms with Crippen LogP contribution in [0.3, 0.4) is 0 Å². The SMILES string of the molecule is COc1cc(-c2cc(F)c3c(c2NC(=O)NS(=O)(=O)c2ccn(C(C)(C)CN4CCC4)n2)CCC3)ccn1.COc1cc(-c2cc(F)c3c(c2NC(=O)NS(=O)(=O)c2ccn(C4CCC4)n2)CCC3)ccn1.COc1cc(-c2ccc3c(c2NC(=O)NS(=O)(=O)CCOC(C)C)CCC3)ccn1.COc1cc(-c2ccc3c(c2NC(=O)NS(=O)(=O)CCOC(C)C)CCO3)ccn1. The van der Waals surface area contributed by atoms with Crippen LogP contribution >= 0.6 is 0 Å². The Labute approximate surface area is 765 Å². The number of aryl methyl sites for hydroxylation is 1. The number of carbonyl (C=O) groups is 4. The number of halogens is 2. The highest BCUT2D eigenvalue weighted by atomic mass is 32.2. The molecule has 0 bridgehead atoms. The molecule has 8 N–H and O–H groups in total. The van der Waals surface area contributed by atoms with Crippen LogP contribution in [0.25, 0.3) is 44.5 Å². The minimum absolute atomic E-state index is 0.00306. The minimum Gasteiger partial charge on any atom is -0.493 e. The Morgan fingerprint density at radius 3 is 1.29 bits per heavy atom. The minimum atomic E-state index is -4.26. The van der Waals surface area contributed by atoms with Crippen LogP contribution in [0, 0.1) is 11.6 Å². The van der Waals surface area contributed by atoms with Gasteiger partial charge in [-0.1, -0.05) is 12.1 Å². The normalized spacial score (nSPS) is 14.4. The standard InChI is InChI=1S/C26H31FN6O4S.C23H24FN5O4S.C21H27N3O5S.C20H25N3O6S/c1-26(2,16-32-11-5-12-32)33-13-9-23(30-33)38(35,36)31-25(34)29-24-19-7-4-6-18(19)21(27)15-20(24)17-8-10-28-22(14-17)37-3;1-33-20-12-14(8-10-25-20)18-13-19(24)16-6-3-7-17(16)22(18)26-23(30)28-34(31,32)21-9-11-29(27-21)15-4-2-5-15;1-14(2)29-11-12-30(26,27)24-21(25)23-20-17-6-4-5-15(17)7-8-18(20)16-9-10-22-19(13-16)28-3;1-13(2)28-10-11-30(25,26)23-20(24)22-19-15(4-5-17-16(19)7-9-29-17)14-6-8-21-18(12-14)27-3/h8-10,13-15H,4-7,11-12,16H2,1-3H3,(H2,29,31,34);8-13,15H,2-7H2,1H3,(H2,26,28,30);7-10,13-14H,4-6,11-12H2,1-3H3,(H2,23,24,25);4-6,8,12-13H,7,9-11H2,1-3H3,(H2,22,23,24). The first-order valence-corrected chi connectivity index (χ1v) is 49.3. The monoisotopic (exact) mass is 1900 g/mol. The van der Waals surface area contributed by atoms with E-state index in [2.05, 4.69) is 65.7 Å². The van der Waals surface area contributed by atoms with E-state index in [9.17, 15) is 61.6 Å². The van der Waals surface area contributed by atoms with Crippen molar-refractivity contribution < 1.29 is 94.8 Å². The van der Waals surface area contributed by atoms with Gasteiger partial charge in [-0.15, -0.1) is 0 Å². The van der Waals surface area contributed by atoms with Gasteiger partial charge in [0.1, 0.15) is 17.4 Å². The number of carbonyl (C=O) groups excluding carboxylic acids is 4. The van der Waals surface area contributed by atoms with Gasteiger partial charge in [-0.05, 0) is 254 Å². The van der Waals surface area contributed by atoms with Gasteiger partial charge in [0, 0.05) is 102 Å². The van der Waals surface area contributed by atoms with E-state index in [1.807, 2.05) is 61.4 Å². The molecule has 132 heavy (non-hydrogen) atoms. The Morgan fingerprint density at radius 2 is 0.856 bits per heavy atom. The van der Waals surface area contributed by atoms with Gasteiger partial charge in [0.25, 0.3) is 20.0 Å². The topological polar surface area (TPSA) is 456 Å². The third kappa shape index (κ3) is 24.2. The summed E-state index contributed by atoms with van der Waals surface area (Å²) in [6, 6.07) is 23.4. The fourth-order valence-corrected chi connectivity index (χ4v) is 19.2. The molecule has 8 heterocycles. The fraction of sp³-hybridized carbons (Fsp3) is 0.400. The van der Waals surface area contributed by atoms with Crippen molar-refractivity contribution in [3.05, 3.63) is 185 Å². The molecule has 4 aliphatic carbocycles. The zero-order chi connectivity index (χ0) is 94.4. The molecule has 1 saturated heterocycles. The number of rotatable bonds is 30. The number of sulfonamides is 4. The van der Waals surface area contributed by atoms with Gasteiger partial charge in [0.2, 0.25) is 43.6 Å². The number of methoxy groups -OCH3 is 4. The number of nitrogens with zero attached hydrogens (tertiary/aromatic N) is 9. The molecule has 2 aliphatic heterocycles. The van der Waals surface area contributed by atoms with Gasteiger partial charge in [-0.25, -0.2) is 83.6 Å². The molecule has 8 amide bonds. The predicted molar refractivity (Wildman–Crippen MR) is 491 cm³/mol. The number of hydrogen-bond donors (Lipinski definition) is 8. The van der Waals surface area contributed by atoms with Crippen LogP contribution in [0.15, 0.2) is 144 Å². The lowest BCUT2D eigenvalue weighted by Crippen LogP contribution is -2.47. The molecule has 6 aromatic heterocycles. The summed E-state index contributed by atoms with van der Waals surface area (Å²) in [5.74, 6) is 0.856. The molecule has 1 saturated carbocycles. The van der Waals surface area contributed by atoms with Crippen LogP contribution in [0.1, 0.15) is 131 Å². The molecule has 4 aromatic carbocycles. The Hall–Kier alpha value is -12.5. The van der Waals surface area contributed by atoms with E-state index in [1.165, 1.54) is 65.1 Å². The molecule has 6 aliphatic rings. The maximum atomic E-state index is 14.9. The zero-order valence-corrected chi connectivity index (χ0v) is 77.9. The van der Waals surface area contributed by atoms with Crippen molar-refractivity contribution in [2.75, 3.05) is 101 Å². The maximum Gasteiger partial charge on any atom is 0.333 e. The molecule has 704 valence electrons. The van der Waals surface area contributed by atoms with Crippen LogP contribution in [0.4, 0.5) is 50.7 Å². The fourth-order valence-electron chi connectivity index (χ4n) is 16.0. The molecule has 42 heteroatoms. The summed E-state index contributed by atoms with van der Waals surface area (Å²) in [6.07, 6.45) is 20.5. The summed E-state index contributed by atoms with van der Waals surface area (Å²) in [5, 5.41) is 18.7. The number of hydrogen-bond acceptors (Lipinski definition) is 26. The van der Waals surface area contributed by atoms with Crippen molar-refractivity contribution in [3.63, 3.8) is 0 Å². The number of anilines is 4. The van der Waals surface area contributed by atoms with Crippen LogP contribution in [0.5, 0.6) is 29.3 Å². The number of nitrogens with one attached hydrogen (secondary N) is 8. The van der Waals surface area contributed by atoms with Crippen LogP contribution in [-0.4, -0.2) is 194 Å². The zero-order valence-electron chi connectivity index (χ0n) is 74.7. The van der Waals surface area contributed by atoms with Gasteiger partial charge in [0.05, 0.1) is 106 Å². The van der Waals surface area contributed by atoms with Crippen LogP contribution in [0.2, 0.25) is 0 Å². The van der Waals surface area contributed by atoms with Gasteiger partial charge >= 0.3 is 24.1 Å². The second kappa shape index (κ2) is 42.4. The summed E-state index contributed by atoms with van der Waals surface area (Å²) < 4.78 is 179. The Kier molecular flexibility index (Phi) is 31.2. The number of fused-ring (bicyclic) bond motifs is 4. The highest BCUT2D eigenvalue weighted by Gasteiger charge is 2.35. The summed E-state index contributed by atoms with van der Waals surface area (Å²) in [7, 11) is -10.1. The molecule has 16 rings (SSSR count). The van der Waals surface area contributed by atoms with E-state index in [-0.39, 0.29) is 64.7 Å².